The van der Waals surface area contributed by atoms with E-state index < -0.39 is 53.0 Å². The van der Waals surface area contributed by atoms with E-state index in [1.165, 1.54) is 0 Å². The van der Waals surface area contributed by atoms with Crippen LogP contribution in [0.3, 0.4) is 0 Å². The number of carbonyl (C=O) groups is 2. The molecule has 0 saturated heterocycles. The number of rotatable bonds is 18. The molecule has 0 aliphatic carbocycles. The molecule has 1 amide bonds. The average molecular weight is 720 g/mol. The van der Waals surface area contributed by atoms with E-state index >= 15 is 4.57 Å². The van der Waals surface area contributed by atoms with E-state index in [0.717, 1.165) is 11.1 Å². The fourth-order valence-corrected chi connectivity index (χ4v) is 10.4. The quantitative estimate of drug-likeness (QED) is 0.0803. The second-order valence-electron chi connectivity index (χ2n) is 12.4. The first kappa shape index (κ1) is 38.5. The molecule has 0 heterocycles. The highest BCUT2D eigenvalue weighted by atomic mass is 32.2. The molecule has 266 valence electrons. The Morgan fingerprint density at radius 1 is 0.760 bits per heavy atom. The molecular weight excluding hydrogens is 673 g/mol. The first-order valence-corrected chi connectivity index (χ1v) is 20.1. The molecule has 0 bridgehead atoms. The van der Waals surface area contributed by atoms with Crippen molar-refractivity contribution in [3.8, 4) is 0 Å². The number of hydrogen-bond donors (Lipinski definition) is 3. The molecule has 50 heavy (non-hydrogen) atoms. The van der Waals surface area contributed by atoms with Gasteiger partial charge in [-0.3, -0.25) is 9.36 Å². The molecule has 4 aromatic rings. The van der Waals surface area contributed by atoms with Crippen molar-refractivity contribution in [3.05, 3.63) is 138 Å². The lowest BCUT2D eigenvalue weighted by molar-refractivity contribution is -0.145. The highest BCUT2D eigenvalue weighted by molar-refractivity contribution is 7.90. The van der Waals surface area contributed by atoms with E-state index in [9.17, 15) is 18.0 Å². The molecule has 0 aliphatic heterocycles. The maximum atomic E-state index is 15.5. The van der Waals surface area contributed by atoms with Crippen molar-refractivity contribution in [3.63, 3.8) is 0 Å². The Morgan fingerprint density at radius 2 is 1.30 bits per heavy atom. The Balaban J connectivity index is 1.69. The van der Waals surface area contributed by atoms with Gasteiger partial charge in [0.25, 0.3) is 0 Å². The second kappa shape index (κ2) is 18.6. The summed E-state index contributed by atoms with van der Waals surface area (Å²) in [7, 11) is -8.32. The third-order valence-corrected chi connectivity index (χ3v) is 12.3. The number of alkyl carbamates (subject to hydrolysis) is 1. The van der Waals surface area contributed by atoms with Gasteiger partial charge in [0.05, 0.1) is 18.4 Å². The Kier molecular flexibility index (Phi) is 14.4. The number of hydrogen-bond acceptors (Lipinski definition) is 7. The molecule has 0 aromatic heterocycles. The Bertz CT molecular complexity index is 1800. The molecule has 4 atom stereocenters. The van der Waals surface area contributed by atoms with Gasteiger partial charge in [0, 0.05) is 5.30 Å². The van der Waals surface area contributed by atoms with Crippen LogP contribution in [0.25, 0.3) is 0 Å². The Morgan fingerprint density at radius 3 is 1.86 bits per heavy atom. The van der Waals surface area contributed by atoms with Crippen LogP contribution in [0.15, 0.2) is 121 Å². The molecule has 10 nitrogen and oxygen atoms in total. The van der Waals surface area contributed by atoms with E-state index in [4.69, 9.17) is 9.47 Å². The summed E-state index contributed by atoms with van der Waals surface area (Å²) >= 11 is 0. The summed E-state index contributed by atoms with van der Waals surface area (Å²) < 4.78 is 57.5. The summed E-state index contributed by atoms with van der Waals surface area (Å²) in [5.74, 6) is -2.41. The predicted octanol–water partition coefficient (Wildman–Crippen LogP) is 6.31. The molecule has 12 heteroatoms. The first-order valence-electron chi connectivity index (χ1n) is 16.6. The molecular formula is C38H46N3O7PS. The topological polar surface area (TPSA) is 140 Å². The summed E-state index contributed by atoms with van der Waals surface area (Å²) in [6.45, 7) is 5.70. The summed E-state index contributed by atoms with van der Waals surface area (Å²) in [5, 5.41) is 6.17. The maximum Gasteiger partial charge on any atom is 0.407 e. The van der Waals surface area contributed by atoms with Gasteiger partial charge in [0.1, 0.15) is 18.4 Å². The molecule has 0 spiro atoms. The van der Waals surface area contributed by atoms with Crippen LogP contribution in [0.1, 0.15) is 49.7 Å². The highest BCUT2D eigenvalue weighted by Crippen LogP contribution is 2.54. The lowest BCUT2D eigenvalue weighted by Gasteiger charge is -2.33. The SMILES string of the molecule is CCOC(=O)[C@H](CC(C)C)NP(=O)(c1ccccc1)C(NS(=O)(=O)CC(Cc1ccccc1)NC(=O)OCc1ccccc1)c1ccccc1. The Hall–Kier alpha value is -4.28. The number of esters is 1. The maximum absolute atomic E-state index is 15.5. The summed E-state index contributed by atoms with van der Waals surface area (Å²) in [5.41, 5.74) is 2.01. The minimum atomic E-state index is -4.29. The van der Waals surface area contributed by atoms with Crippen LogP contribution in [0.5, 0.6) is 0 Å². The molecule has 0 fully saturated rings. The monoisotopic (exact) mass is 719 g/mol. The number of carbonyl (C=O) groups excluding carboxylic acids is 2. The van der Waals surface area contributed by atoms with E-state index in [1.807, 2.05) is 74.5 Å². The van der Waals surface area contributed by atoms with Crippen molar-refractivity contribution in [1.82, 2.24) is 15.1 Å². The third-order valence-electron chi connectivity index (χ3n) is 7.82. The van der Waals surface area contributed by atoms with Gasteiger partial charge in [-0.15, -0.1) is 0 Å². The second-order valence-corrected chi connectivity index (χ2v) is 16.8. The molecule has 3 unspecified atom stereocenters. The third kappa shape index (κ3) is 11.7. The lowest BCUT2D eigenvalue weighted by atomic mass is 10.1. The summed E-state index contributed by atoms with van der Waals surface area (Å²) in [6.07, 6.45) is -0.281. The number of nitrogens with one attached hydrogen (secondary N) is 3. The number of ether oxygens (including phenoxy) is 2. The summed E-state index contributed by atoms with van der Waals surface area (Å²) in [4.78, 5) is 26.2. The van der Waals surface area contributed by atoms with Crippen molar-refractivity contribution in [2.45, 2.75) is 58.1 Å². The van der Waals surface area contributed by atoms with E-state index in [0.29, 0.717) is 17.3 Å². The van der Waals surface area contributed by atoms with Gasteiger partial charge in [-0.05, 0) is 42.4 Å². The van der Waals surface area contributed by atoms with Crippen LogP contribution >= 0.6 is 7.29 Å². The van der Waals surface area contributed by atoms with Gasteiger partial charge in [0.2, 0.25) is 10.0 Å². The van der Waals surface area contributed by atoms with Gasteiger partial charge >= 0.3 is 12.1 Å². The molecule has 0 aliphatic rings. The fourth-order valence-electron chi connectivity index (χ4n) is 5.55. The van der Waals surface area contributed by atoms with Gasteiger partial charge in [-0.1, -0.05) is 135 Å². The zero-order valence-electron chi connectivity index (χ0n) is 28.6. The van der Waals surface area contributed by atoms with Gasteiger partial charge < -0.3 is 14.8 Å². The fraction of sp³-hybridized carbons (Fsp3) is 0.316. The smallest absolute Gasteiger partial charge is 0.407 e. The Labute approximate surface area is 295 Å². The highest BCUT2D eigenvalue weighted by Gasteiger charge is 2.42. The van der Waals surface area contributed by atoms with E-state index in [-0.39, 0.29) is 25.6 Å². The number of benzene rings is 4. The standard InChI is InChI=1S/C38H46N3O7PS/c1-4-47-37(42)35(25-29(2)3)40-49(44,34-23-15-8-16-24-34)36(32-21-13-7-14-22-32)41-50(45,46)28-33(26-30-17-9-5-10-18-30)39-38(43)48-27-31-19-11-6-12-20-31/h5-24,29,33,35-36,41H,4,25-28H2,1-3H3,(H,39,43)(H,40,44)/t33?,35-,36?,49?/m0/s1. The molecule has 0 radical (unpaired) electrons. The zero-order chi connectivity index (χ0) is 36.0. The molecule has 3 N–H and O–H groups in total. The normalized spacial score (nSPS) is 14.6. The van der Waals surface area contributed by atoms with Crippen molar-refractivity contribution in [2.24, 2.45) is 5.92 Å². The van der Waals surface area contributed by atoms with Crippen LogP contribution in [0.4, 0.5) is 4.79 Å². The van der Waals surface area contributed by atoms with Gasteiger partial charge in [-0.2, -0.15) is 4.72 Å². The zero-order valence-corrected chi connectivity index (χ0v) is 30.3. The summed E-state index contributed by atoms with van der Waals surface area (Å²) in [6, 6.07) is 33.5. The van der Waals surface area contributed by atoms with Crippen molar-refractivity contribution < 1.29 is 32.0 Å². The minimum Gasteiger partial charge on any atom is -0.465 e. The average Bonchev–Trinajstić information content (AvgIpc) is 3.11. The number of sulfonamides is 1. The van der Waals surface area contributed by atoms with Crippen molar-refractivity contribution in [1.29, 1.82) is 0 Å². The first-order chi connectivity index (χ1) is 24.0. The predicted molar refractivity (Wildman–Crippen MR) is 196 cm³/mol. The van der Waals surface area contributed by atoms with Crippen LogP contribution < -0.4 is 20.4 Å². The lowest BCUT2D eigenvalue weighted by Crippen LogP contribution is -2.47. The van der Waals surface area contributed by atoms with E-state index in [1.54, 1.807) is 67.6 Å². The largest absolute Gasteiger partial charge is 0.465 e. The molecule has 4 aromatic carbocycles. The molecule has 0 saturated carbocycles. The molecule has 4 rings (SSSR count). The van der Waals surface area contributed by atoms with Gasteiger partial charge in [-0.25, -0.2) is 18.3 Å². The van der Waals surface area contributed by atoms with Crippen molar-refractivity contribution in [2.75, 3.05) is 12.4 Å². The van der Waals surface area contributed by atoms with Crippen LogP contribution in [-0.4, -0.2) is 44.9 Å². The van der Waals surface area contributed by atoms with Gasteiger partial charge in [0.15, 0.2) is 7.29 Å². The van der Waals surface area contributed by atoms with Crippen LogP contribution in [0, 0.1) is 5.92 Å². The van der Waals surface area contributed by atoms with Crippen LogP contribution in [0.2, 0.25) is 0 Å². The van der Waals surface area contributed by atoms with Crippen molar-refractivity contribution >= 4 is 34.7 Å². The number of amides is 1. The minimum absolute atomic E-state index is 0.00967. The van der Waals surface area contributed by atoms with E-state index in [2.05, 4.69) is 15.1 Å². The van der Waals surface area contributed by atoms with Crippen LogP contribution in [-0.2, 0) is 41.9 Å².